The van der Waals surface area contributed by atoms with E-state index in [0.29, 0.717) is 22.4 Å². The molecule has 3 N–H and O–H groups in total. The molecular formula is C21H25N5O3S. The molecule has 0 aliphatic heterocycles. The van der Waals surface area contributed by atoms with Crippen molar-refractivity contribution in [3.8, 4) is 22.9 Å². The van der Waals surface area contributed by atoms with E-state index in [2.05, 4.69) is 15.5 Å². The van der Waals surface area contributed by atoms with Gasteiger partial charge in [-0.05, 0) is 50.6 Å². The van der Waals surface area contributed by atoms with Crippen LogP contribution in [0, 0.1) is 6.92 Å². The number of methoxy groups -OCH3 is 1. The second-order valence-corrected chi connectivity index (χ2v) is 7.85. The maximum Gasteiger partial charge on any atom is 0.234 e. The number of amides is 1. The molecule has 0 fully saturated rings. The van der Waals surface area contributed by atoms with E-state index >= 15 is 0 Å². The van der Waals surface area contributed by atoms with E-state index in [9.17, 15) is 4.79 Å². The highest BCUT2D eigenvalue weighted by atomic mass is 32.2. The molecule has 9 heteroatoms. The molecule has 0 unspecified atom stereocenters. The summed E-state index contributed by atoms with van der Waals surface area (Å²) >= 11 is 1.20. The fraction of sp³-hybridized carbons (Fsp3) is 0.286. The number of carbonyl (C=O) groups is 1. The summed E-state index contributed by atoms with van der Waals surface area (Å²) in [5, 5.41) is 11.6. The van der Waals surface area contributed by atoms with Gasteiger partial charge in [0.05, 0.1) is 24.7 Å². The molecule has 0 atom stereocenters. The van der Waals surface area contributed by atoms with Crippen molar-refractivity contribution in [3.63, 3.8) is 0 Å². The number of hydrogen-bond acceptors (Lipinski definition) is 7. The smallest absolute Gasteiger partial charge is 0.234 e. The average molecular weight is 428 g/mol. The van der Waals surface area contributed by atoms with E-state index in [0.717, 1.165) is 16.9 Å². The Morgan fingerprint density at radius 1 is 1.23 bits per heavy atom. The predicted octanol–water partition coefficient (Wildman–Crippen LogP) is 3.49. The van der Waals surface area contributed by atoms with Crippen molar-refractivity contribution in [2.75, 3.05) is 24.0 Å². The largest absolute Gasteiger partial charge is 0.495 e. The quantitative estimate of drug-likeness (QED) is 0.419. The summed E-state index contributed by atoms with van der Waals surface area (Å²) in [6, 6.07) is 13.1. The molecule has 0 aliphatic rings. The molecule has 2 aromatic carbocycles. The monoisotopic (exact) mass is 427 g/mol. The Hall–Kier alpha value is -3.20. The zero-order chi connectivity index (χ0) is 21.7. The molecule has 0 radical (unpaired) electrons. The third kappa shape index (κ3) is 5.24. The van der Waals surface area contributed by atoms with E-state index in [4.69, 9.17) is 15.3 Å². The van der Waals surface area contributed by atoms with Crippen LogP contribution in [0.2, 0.25) is 0 Å². The number of nitrogens with zero attached hydrogens (tertiary/aromatic N) is 3. The standard InChI is InChI=1S/C21H25N5O3S/c1-13(2)29-16-7-5-6-15(11-16)20-24-25-21(26(20)22)30-12-19(27)23-17-10-14(3)8-9-18(17)28-4/h5-11,13H,12,22H2,1-4H3,(H,23,27). The van der Waals surface area contributed by atoms with Crippen LogP contribution in [0.4, 0.5) is 5.69 Å². The fourth-order valence-electron chi connectivity index (χ4n) is 2.79. The van der Waals surface area contributed by atoms with Crippen molar-refractivity contribution in [2.45, 2.75) is 32.0 Å². The zero-order valence-electron chi connectivity index (χ0n) is 17.4. The summed E-state index contributed by atoms with van der Waals surface area (Å²) in [6.45, 7) is 5.87. The van der Waals surface area contributed by atoms with Crippen LogP contribution in [0.3, 0.4) is 0 Å². The number of nitrogens with two attached hydrogens (primary N) is 1. The molecule has 3 rings (SSSR count). The normalized spacial score (nSPS) is 10.8. The maximum atomic E-state index is 12.4. The summed E-state index contributed by atoms with van der Waals surface area (Å²) in [4.78, 5) is 12.4. The number of benzene rings is 2. The minimum atomic E-state index is -0.194. The third-order valence-corrected chi connectivity index (χ3v) is 5.03. The Labute approximate surface area is 179 Å². The van der Waals surface area contributed by atoms with Gasteiger partial charge in [0.15, 0.2) is 5.82 Å². The molecule has 0 bridgehead atoms. The number of thioether (sulfide) groups is 1. The molecule has 1 aromatic heterocycles. The molecule has 30 heavy (non-hydrogen) atoms. The van der Waals surface area contributed by atoms with Crippen molar-refractivity contribution >= 4 is 23.4 Å². The van der Waals surface area contributed by atoms with Gasteiger partial charge in [0.1, 0.15) is 11.5 Å². The SMILES string of the molecule is COc1ccc(C)cc1NC(=O)CSc1nnc(-c2cccc(OC(C)C)c2)n1N. The van der Waals surface area contributed by atoms with E-state index in [1.54, 1.807) is 7.11 Å². The van der Waals surface area contributed by atoms with Gasteiger partial charge in [-0.25, -0.2) is 4.68 Å². The Balaban J connectivity index is 1.67. The number of anilines is 1. The second kappa shape index (κ2) is 9.53. The summed E-state index contributed by atoms with van der Waals surface area (Å²) in [6.07, 6.45) is 0.0626. The number of rotatable bonds is 8. The summed E-state index contributed by atoms with van der Waals surface area (Å²) in [5.41, 5.74) is 2.43. The lowest BCUT2D eigenvalue weighted by Crippen LogP contribution is -2.17. The third-order valence-electron chi connectivity index (χ3n) is 4.09. The van der Waals surface area contributed by atoms with Crippen LogP contribution >= 0.6 is 11.8 Å². The van der Waals surface area contributed by atoms with E-state index < -0.39 is 0 Å². The molecule has 1 amide bonds. The lowest BCUT2D eigenvalue weighted by molar-refractivity contribution is -0.113. The molecule has 158 valence electrons. The minimum absolute atomic E-state index is 0.0626. The molecule has 1 heterocycles. The Bertz CT molecular complexity index is 1040. The van der Waals surface area contributed by atoms with Gasteiger partial charge >= 0.3 is 0 Å². The number of ether oxygens (including phenoxy) is 2. The number of nitrogens with one attached hydrogen (secondary N) is 1. The molecular weight excluding hydrogens is 402 g/mol. The number of aryl methyl sites for hydroxylation is 1. The lowest BCUT2D eigenvalue weighted by atomic mass is 10.2. The first-order valence-corrected chi connectivity index (χ1v) is 10.4. The van der Waals surface area contributed by atoms with Crippen LogP contribution in [0.15, 0.2) is 47.6 Å². The van der Waals surface area contributed by atoms with Crippen molar-refractivity contribution < 1.29 is 14.3 Å². The van der Waals surface area contributed by atoms with Gasteiger partial charge in [0.2, 0.25) is 11.1 Å². The van der Waals surface area contributed by atoms with Crippen LogP contribution in [0.1, 0.15) is 19.4 Å². The predicted molar refractivity (Wildman–Crippen MR) is 118 cm³/mol. The van der Waals surface area contributed by atoms with Gasteiger partial charge in [-0.2, -0.15) is 0 Å². The number of nitrogen functional groups attached to an aromatic ring is 1. The first-order chi connectivity index (χ1) is 14.4. The van der Waals surface area contributed by atoms with Crippen LogP contribution in [-0.2, 0) is 4.79 Å². The van der Waals surface area contributed by atoms with Crippen molar-refractivity contribution in [3.05, 3.63) is 48.0 Å². The molecule has 8 nitrogen and oxygen atoms in total. The number of carbonyl (C=O) groups excluding carboxylic acids is 1. The average Bonchev–Trinajstić information content (AvgIpc) is 3.07. The lowest BCUT2D eigenvalue weighted by Gasteiger charge is -2.11. The minimum Gasteiger partial charge on any atom is -0.495 e. The van der Waals surface area contributed by atoms with Crippen molar-refractivity contribution in [1.29, 1.82) is 0 Å². The van der Waals surface area contributed by atoms with E-state index in [1.165, 1.54) is 16.4 Å². The number of aromatic nitrogens is 3. The first-order valence-electron chi connectivity index (χ1n) is 9.42. The van der Waals surface area contributed by atoms with Crippen LogP contribution < -0.4 is 20.6 Å². The van der Waals surface area contributed by atoms with Gasteiger partial charge in [-0.1, -0.05) is 30.0 Å². The van der Waals surface area contributed by atoms with Gasteiger partial charge in [0, 0.05) is 5.56 Å². The summed E-state index contributed by atoms with van der Waals surface area (Å²) < 4.78 is 12.4. The highest BCUT2D eigenvalue weighted by molar-refractivity contribution is 7.99. The van der Waals surface area contributed by atoms with Gasteiger partial charge in [-0.15, -0.1) is 10.2 Å². The van der Waals surface area contributed by atoms with Crippen LogP contribution in [-0.4, -0.2) is 39.7 Å². The van der Waals surface area contributed by atoms with Gasteiger partial charge < -0.3 is 20.6 Å². The highest BCUT2D eigenvalue weighted by Gasteiger charge is 2.15. The topological polar surface area (TPSA) is 104 Å². The van der Waals surface area contributed by atoms with Crippen LogP contribution in [0.5, 0.6) is 11.5 Å². The molecule has 0 aliphatic carbocycles. The highest BCUT2D eigenvalue weighted by Crippen LogP contribution is 2.27. The van der Waals surface area contributed by atoms with Crippen molar-refractivity contribution in [1.82, 2.24) is 14.9 Å². The summed E-state index contributed by atoms with van der Waals surface area (Å²) in [7, 11) is 1.56. The second-order valence-electron chi connectivity index (χ2n) is 6.91. The Morgan fingerprint density at radius 2 is 2.03 bits per heavy atom. The van der Waals surface area contributed by atoms with Gasteiger partial charge in [-0.3, -0.25) is 4.79 Å². The van der Waals surface area contributed by atoms with Crippen LogP contribution in [0.25, 0.3) is 11.4 Å². The Morgan fingerprint density at radius 3 is 2.77 bits per heavy atom. The molecule has 0 saturated heterocycles. The summed E-state index contributed by atoms with van der Waals surface area (Å²) in [5.74, 6) is 7.93. The molecule has 0 saturated carbocycles. The fourth-order valence-corrected chi connectivity index (χ4v) is 3.45. The van der Waals surface area contributed by atoms with E-state index in [1.807, 2.05) is 63.2 Å². The van der Waals surface area contributed by atoms with Crippen molar-refractivity contribution in [2.24, 2.45) is 0 Å². The van der Waals surface area contributed by atoms with E-state index in [-0.39, 0.29) is 17.8 Å². The van der Waals surface area contributed by atoms with Gasteiger partial charge in [0.25, 0.3) is 0 Å². The maximum absolute atomic E-state index is 12.4. The zero-order valence-corrected chi connectivity index (χ0v) is 18.2. The molecule has 0 spiro atoms. The first kappa shape index (κ1) is 21.5. The number of hydrogen-bond donors (Lipinski definition) is 2. The molecule has 3 aromatic rings. The Kier molecular flexibility index (Phi) is 6.83.